The van der Waals surface area contributed by atoms with E-state index in [9.17, 15) is 0 Å². The Morgan fingerprint density at radius 1 is 0.468 bits per heavy atom. The van der Waals surface area contributed by atoms with Crippen molar-refractivity contribution < 1.29 is 4.74 Å². The van der Waals surface area contributed by atoms with Gasteiger partial charge in [0, 0.05) is 16.5 Å². The Labute approximate surface area is 275 Å². The van der Waals surface area contributed by atoms with E-state index < -0.39 is 5.41 Å². The minimum atomic E-state index is -0.538. The monoisotopic (exact) mass is 606 g/mol. The Morgan fingerprint density at radius 2 is 0.979 bits per heavy atom. The zero-order valence-electron chi connectivity index (χ0n) is 26.4. The molecule has 0 radical (unpaired) electrons. The normalized spacial score (nSPS) is 14.8. The molecule has 1 heterocycles. The first-order chi connectivity index (χ1) is 22.9. The average molecular weight is 607 g/mol. The second kappa shape index (κ2) is 10.9. The number of fused-ring (bicyclic) bond motifs is 8. The minimum absolute atomic E-state index is 0.264. The van der Waals surface area contributed by atoms with Gasteiger partial charge < -0.3 is 15.6 Å². The number of para-hydroxylation sites is 2. The summed E-state index contributed by atoms with van der Waals surface area (Å²) in [4.78, 5) is 0. The summed E-state index contributed by atoms with van der Waals surface area (Å²) in [5, 5.41) is 17.2. The Balaban J connectivity index is 1.27. The Bertz CT molecular complexity index is 2200. The lowest BCUT2D eigenvalue weighted by Crippen LogP contribution is -2.43. The van der Waals surface area contributed by atoms with Crippen molar-refractivity contribution in [1.29, 1.82) is 10.8 Å². The summed E-state index contributed by atoms with van der Waals surface area (Å²) in [6.45, 7) is 4.66. The van der Waals surface area contributed by atoms with Gasteiger partial charge in [0.1, 0.15) is 11.5 Å². The van der Waals surface area contributed by atoms with Crippen molar-refractivity contribution in [2.24, 2.45) is 0 Å². The Morgan fingerprint density at radius 3 is 1.66 bits per heavy atom. The molecule has 0 saturated carbocycles. The number of ether oxygens (including phenoxy) is 1. The van der Waals surface area contributed by atoms with Crippen LogP contribution in [0, 0.1) is 10.8 Å². The van der Waals surface area contributed by atoms with Crippen LogP contribution in [0.1, 0.15) is 58.4 Å². The minimum Gasteiger partial charge on any atom is -0.457 e. The van der Waals surface area contributed by atoms with E-state index in [1.807, 2.05) is 54.6 Å². The van der Waals surface area contributed by atoms with Gasteiger partial charge in [0.05, 0.1) is 16.8 Å². The maximum absolute atomic E-state index is 8.81. The number of hydrogen-bond acceptors (Lipinski definition) is 3. The van der Waals surface area contributed by atoms with Crippen LogP contribution >= 0.6 is 0 Å². The van der Waals surface area contributed by atoms with E-state index in [2.05, 4.69) is 105 Å². The second-order valence-electron chi connectivity index (χ2n) is 12.9. The highest BCUT2D eigenvalue weighted by Gasteiger charge is 2.52. The van der Waals surface area contributed by atoms with Crippen molar-refractivity contribution in [3.63, 3.8) is 0 Å². The van der Waals surface area contributed by atoms with Gasteiger partial charge in [0.25, 0.3) is 0 Å². The summed E-state index contributed by atoms with van der Waals surface area (Å²) in [6.07, 6.45) is 3.41. The van der Waals surface area contributed by atoms with Crippen LogP contribution in [-0.2, 0) is 10.8 Å². The SMILES string of the molecule is CC1(C)c2ccccc2C2(c3ccccc3Oc3ccccc32)c2ccc(-c3cccc(C(=N)/C=C\C(=N)c4ccccc4)c3)cc21. The van der Waals surface area contributed by atoms with Crippen LogP contribution in [0.4, 0.5) is 0 Å². The smallest absolute Gasteiger partial charge is 0.132 e. The molecule has 0 aromatic heterocycles. The molecule has 0 fully saturated rings. The van der Waals surface area contributed by atoms with Crippen LogP contribution in [0.2, 0.25) is 0 Å². The lowest BCUT2D eigenvalue weighted by Gasteiger charge is -2.50. The second-order valence-corrected chi connectivity index (χ2v) is 12.9. The van der Waals surface area contributed by atoms with Crippen LogP contribution in [0.25, 0.3) is 11.1 Å². The quantitative estimate of drug-likeness (QED) is 0.188. The number of allylic oxidation sites excluding steroid dienone is 2. The molecule has 3 heteroatoms. The van der Waals surface area contributed by atoms with Gasteiger partial charge in [-0.25, -0.2) is 0 Å². The molecular formula is C44H34N2O. The summed E-state index contributed by atoms with van der Waals surface area (Å²) in [5.74, 6) is 1.77. The highest BCUT2D eigenvalue weighted by Crippen LogP contribution is 2.61. The third-order valence-electron chi connectivity index (χ3n) is 9.91. The van der Waals surface area contributed by atoms with Gasteiger partial charge in [-0.3, -0.25) is 0 Å². The predicted molar refractivity (Wildman–Crippen MR) is 192 cm³/mol. The van der Waals surface area contributed by atoms with Crippen molar-refractivity contribution in [3.05, 3.63) is 202 Å². The van der Waals surface area contributed by atoms with Gasteiger partial charge in [-0.2, -0.15) is 0 Å². The number of benzene rings is 6. The fourth-order valence-corrected chi connectivity index (χ4v) is 7.63. The molecule has 0 atom stereocenters. The lowest BCUT2D eigenvalue weighted by molar-refractivity contribution is 0.425. The summed E-state index contributed by atoms with van der Waals surface area (Å²) >= 11 is 0. The molecule has 1 aliphatic heterocycles. The zero-order chi connectivity index (χ0) is 32.2. The lowest BCUT2D eigenvalue weighted by atomic mass is 9.53. The van der Waals surface area contributed by atoms with Crippen LogP contribution in [0.15, 0.2) is 158 Å². The molecule has 2 N–H and O–H groups in total. The van der Waals surface area contributed by atoms with Crippen LogP contribution < -0.4 is 4.74 Å². The summed E-state index contributed by atoms with van der Waals surface area (Å²) in [7, 11) is 0. The number of hydrogen-bond donors (Lipinski definition) is 2. The van der Waals surface area contributed by atoms with Gasteiger partial charge in [-0.15, -0.1) is 0 Å². The third-order valence-corrected chi connectivity index (χ3v) is 9.91. The van der Waals surface area contributed by atoms with Crippen molar-refractivity contribution in [2.75, 3.05) is 0 Å². The Hall–Kier alpha value is -5.80. The molecule has 0 amide bonds. The van der Waals surface area contributed by atoms with Gasteiger partial charge >= 0.3 is 0 Å². The van der Waals surface area contributed by atoms with Crippen molar-refractivity contribution in [3.8, 4) is 22.6 Å². The fourth-order valence-electron chi connectivity index (χ4n) is 7.63. The van der Waals surface area contributed by atoms with Crippen LogP contribution in [0.3, 0.4) is 0 Å². The van der Waals surface area contributed by atoms with Crippen molar-refractivity contribution >= 4 is 11.4 Å². The molecule has 226 valence electrons. The summed E-state index contributed by atoms with van der Waals surface area (Å²) in [5.41, 5.74) is 11.2. The van der Waals surface area contributed by atoms with E-state index in [-0.39, 0.29) is 5.41 Å². The molecule has 1 aliphatic carbocycles. The molecule has 3 nitrogen and oxygen atoms in total. The maximum atomic E-state index is 8.81. The molecule has 2 aliphatic rings. The topological polar surface area (TPSA) is 56.9 Å². The van der Waals surface area contributed by atoms with E-state index in [1.54, 1.807) is 12.2 Å². The molecule has 8 rings (SSSR count). The predicted octanol–water partition coefficient (Wildman–Crippen LogP) is 10.5. The largest absolute Gasteiger partial charge is 0.457 e. The highest BCUT2D eigenvalue weighted by molar-refractivity contribution is 6.14. The molecule has 0 bridgehead atoms. The molecule has 6 aromatic rings. The molecule has 0 saturated heterocycles. The molecule has 1 spiro atoms. The number of nitrogens with one attached hydrogen (secondary N) is 2. The van der Waals surface area contributed by atoms with E-state index >= 15 is 0 Å². The van der Waals surface area contributed by atoms with E-state index in [0.29, 0.717) is 11.4 Å². The van der Waals surface area contributed by atoms with E-state index in [4.69, 9.17) is 15.6 Å². The van der Waals surface area contributed by atoms with E-state index in [1.165, 1.54) is 22.3 Å². The summed E-state index contributed by atoms with van der Waals surface area (Å²) in [6, 6.07) is 50.5. The summed E-state index contributed by atoms with van der Waals surface area (Å²) < 4.78 is 6.54. The van der Waals surface area contributed by atoms with Gasteiger partial charge in [-0.05, 0) is 80.9 Å². The Kier molecular flexibility index (Phi) is 6.66. The van der Waals surface area contributed by atoms with Crippen LogP contribution in [-0.4, -0.2) is 11.4 Å². The third kappa shape index (κ3) is 4.42. The number of rotatable bonds is 5. The van der Waals surface area contributed by atoms with Crippen molar-refractivity contribution in [2.45, 2.75) is 24.7 Å². The molecular weight excluding hydrogens is 572 g/mol. The average Bonchev–Trinajstić information content (AvgIpc) is 3.12. The fraction of sp³-hybridized carbons (Fsp3) is 0.0909. The van der Waals surface area contributed by atoms with E-state index in [0.717, 1.165) is 44.9 Å². The first kappa shape index (κ1) is 28.7. The molecule has 47 heavy (non-hydrogen) atoms. The van der Waals surface area contributed by atoms with Gasteiger partial charge in [0.2, 0.25) is 0 Å². The van der Waals surface area contributed by atoms with Crippen molar-refractivity contribution in [1.82, 2.24) is 0 Å². The maximum Gasteiger partial charge on any atom is 0.132 e. The first-order valence-corrected chi connectivity index (χ1v) is 16.0. The van der Waals surface area contributed by atoms with Gasteiger partial charge in [0.15, 0.2) is 0 Å². The van der Waals surface area contributed by atoms with Crippen LogP contribution in [0.5, 0.6) is 11.5 Å². The van der Waals surface area contributed by atoms with Gasteiger partial charge in [-0.1, -0.05) is 135 Å². The standard InChI is InChI=1S/C44H34N2O/c1-43(2)33-17-6-7-18-34(33)44(36-19-8-10-21-41(36)47-42-22-11-9-20-37(42)44)35-24-23-31(28-38(35)43)30-15-12-16-32(27-30)40(46)26-25-39(45)29-13-4-3-5-14-29/h3-28,45-46H,1-2H3/b26-25-,45-39?,46-40?. The zero-order valence-corrected chi connectivity index (χ0v) is 26.4. The first-order valence-electron chi connectivity index (χ1n) is 16.0. The highest BCUT2D eigenvalue weighted by atomic mass is 16.5. The molecule has 6 aromatic carbocycles. The molecule has 0 unspecified atom stereocenters.